The summed E-state index contributed by atoms with van der Waals surface area (Å²) in [4.78, 5) is 17.1. The van der Waals surface area contributed by atoms with Gasteiger partial charge in [0.05, 0.1) is 18.7 Å². The lowest BCUT2D eigenvalue weighted by molar-refractivity contribution is -0.137. The maximum absolute atomic E-state index is 11.9. The third kappa shape index (κ3) is 6.66. The predicted octanol–water partition coefficient (Wildman–Crippen LogP) is 7.01. The molecule has 0 spiro atoms. The Hall–Kier alpha value is -2.67. The Labute approximate surface area is 201 Å². The second kappa shape index (κ2) is 11.8. The Morgan fingerprint density at radius 3 is 2.62 bits per heavy atom. The second-order valence-corrected chi connectivity index (χ2v) is 8.37. The summed E-state index contributed by atoms with van der Waals surface area (Å²) in [6, 6.07) is 17.8. The van der Waals surface area contributed by atoms with Gasteiger partial charge in [0.25, 0.3) is 0 Å². The van der Waals surface area contributed by atoms with E-state index in [1.807, 2.05) is 36.4 Å². The molecular formula is C24H22Cl2N2O3S. The number of ether oxygens (including phenoxy) is 2. The number of nitrogens with one attached hydrogen (secondary N) is 1. The zero-order valence-electron chi connectivity index (χ0n) is 17.6. The maximum atomic E-state index is 11.9. The van der Waals surface area contributed by atoms with Crippen LogP contribution in [0.3, 0.4) is 0 Å². The van der Waals surface area contributed by atoms with Crippen LogP contribution < -0.4 is 10.1 Å². The van der Waals surface area contributed by atoms with E-state index in [1.165, 1.54) is 18.7 Å². The summed E-state index contributed by atoms with van der Waals surface area (Å²) >= 11 is 13.9. The summed E-state index contributed by atoms with van der Waals surface area (Å²) in [5.41, 5.74) is 3.32. The Morgan fingerprint density at radius 2 is 1.91 bits per heavy atom. The Balaban J connectivity index is 1.90. The van der Waals surface area contributed by atoms with Crippen molar-refractivity contribution in [2.75, 3.05) is 19.0 Å². The van der Waals surface area contributed by atoms with Crippen LogP contribution in [0.25, 0.3) is 6.08 Å². The van der Waals surface area contributed by atoms with Crippen LogP contribution in [0.15, 0.2) is 65.6 Å². The van der Waals surface area contributed by atoms with E-state index in [0.29, 0.717) is 23.2 Å². The topological polar surface area (TPSA) is 60.5 Å². The molecule has 0 amide bonds. The fraction of sp³-hybridized carbons (Fsp3) is 0.167. The van der Waals surface area contributed by atoms with Crippen molar-refractivity contribution in [2.45, 2.75) is 17.6 Å². The van der Waals surface area contributed by atoms with Gasteiger partial charge in [-0.2, -0.15) is 4.98 Å². The molecule has 3 aromatic rings. The lowest BCUT2D eigenvalue weighted by Crippen LogP contribution is -2.01. The first-order chi connectivity index (χ1) is 15.5. The fourth-order valence-corrected chi connectivity index (χ4v) is 4.00. The first-order valence-corrected chi connectivity index (χ1v) is 11.6. The van der Waals surface area contributed by atoms with Crippen molar-refractivity contribution in [3.05, 3.63) is 82.0 Å². The van der Waals surface area contributed by atoms with Gasteiger partial charge in [-0.15, -0.1) is 11.8 Å². The highest BCUT2D eigenvalue weighted by atomic mass is 35.5. The van der Waals surface area contributed by atoms with Crippen LogP contribution in [0.4, 0.5) is 11.4 Å². The molecule has 32 heavy (non-hydrogen) atoms. The van der Waals surface area contributed by atoms with E-state index in [0.717, 1.165) is 21.9 Å². The standard InChI is InChI=1S/C24H22Cl2N2O3S/c1-3-31-22(29)12-9-17-13-18(32-15-16-7-5-4-6-8-16)10-11-20(17)27-21-14-19(25)23(26)28-24(21)30-2/h4-14,27H,3,15H2,1-2H3/b12-9+. The molecule has 2 aromatic carbocycles. The third-order valence-electron chi connectivity index (χ3n) is 4.32. The van der Waals surface area contributed by atoms with Gasteiger partial charge in [0, 0.05) is 22.4 Å². The lowest BCUT2D eigenvalue weighted by atomic mass is 10.1. The van der Waals surface area contributed by atoms with Gasteiger partial charge < -0.3 is 14.8 Å². The van der Waals surface area contributed by atoms with E-state index in [9.17, 15) is 4.79 Å². The number of carbonyl (C=O) groups is 1. The molecule has 0 atom stereocenters. The first-order valence-electron chi connectivity index (χ1n) is 9.82. The van der Waals surface area contributed by atoms with Gasteiger partial charge >= 0.3 is 5.97 Å². The Bertz CT molecular complexity index is 1110. The van der Waals surface area contributed by atoms with Crippen molar-refractivity contribution in [3.8, 4) is 5.88 Å². The summed E-state index contributed by atoms with van der Waals surface area (Å²) < 4.78 is 10.3. The van der Waals surface area contributed by atoms with E-state index >= 15 is 0 Å². The molecule has 1 N–H and O–H groups in total. The van der Waals surface area contributed by atoms with Gasteiger partial charge in [0.2, 0.25) is 5.88 Å². The molecular weight excluding hydrogens is 467 g/mol. The molecule has 0 saturated heterocycles. The van der Waals surface area contributed by atoms with E-state index in [-0.39, 0.29) is 5.15 Å². The number of thioether (sulfide) groups is 1. The largest absolute Gasteiger partial charge is 0.479 e. The van der Waals surface area contributed by atoms with Crippen LogP contribution in [-0.4, -0.2) is 24.7 Å². The molecule has 0 aliphatic rings. The molecule has 0 bridgehead atoms. The number of halogens is 2. The highest BCUT2D eigenvalue weighted by Crippen LogP contribution is 2.35. The molecule has 166 valence electrons. The van der Waals surface area contributed by atoms with Crippen molar-refractivity contribution in [3.63, 3.8) is 0 Å². The number of hydrogen-bond donors (Lipinski definition) is 1. The smallest absolute Gasteiger partial charge is 0.330 e. The van der Waals surface area contributed by atoms with E-state index < -0.39 is 5.97 Å². The molecule has 0 fully saturated rings. The predicted molar refractivity (Wildman–Crippen MR) is 132 cm³/mol. The average molecular weight is 489 g/mol. The zero-order chi connectivity index (χ0) is 22.9. The molecule has 0 aliphatic carbocycles. The quantitative estimate of drug-likeness (QED) is 0.151. The minimum absolute atomic E-state index is 0.157. The van der Waals surface area contributed by atoms with Crippen LogP contribution in [-0.2, 0) is 15.3 Å². The number of anilines is 2. The van der Waals surface area contributed by atoms with Crippen molar-refractivity contribution in [2.24, 2.45) is 0 Å². The number of methoxy groups -OCH3 is 1. The van der Waals surface area contributed by atoms with Gasteiger partial charge in [0.1, 0.15) is 5.69 Å². The summed E-state index contributed by atoms with van der Waals surface area (Å²) in [5, 5.41) is 3.73. The number of hydrogen-bond acceptors (Lipinski definition) is 6. The molecule has 0 aliphatic heterocycles. The van der Waals surface area contributed by atoms with Crippen molar-refractivity contribution in [1.29, 1.82) is 0 Å². The number of nitrogens with zero attached hydrogens (tertiary/aromatic N) is 1. The second-order valence-electron chi connectivity index (χ2n) is 6.55. The normalized spacial score (nSPS) is 10.9. The van der Waals surface area contributed by atoms with E-state index in [4.69, 9.17) is 32.7 Å². The molecule has 1 heterocycles. The molecule has 8 heteroatoms. The van der Waals surface area contributed by atoms with E-state index in [1.54, 1.807) is 30.8 Å². The van der Waals surface area contributed by atoms with Crippen LogP contribution in [0, 0.1) is 0 Å². The molecule has 5 nitrogen and oxygen atoms in total. The zero-order valence-corrected chi connectivity index (χ0v) is 19.9. The van der Waals surface area contributed by atoms with Crippen LogP contribution in [0.2, 0.25) is 10.2 Å². The summed E-state index contributed by atoms with van der Waals surface area (Å²) in [7, 11) is 1.50. The summed E-state index contributed by atoms with van der Waals surface area (Å²) in [5.74, 6) is 0.732. The van der Waals surface area contributed by atoms with Crippen molar-refractivity contribution < 1.29 is 14.3 Å². The highest BCUT2D eigenvalue weighted by Gasteiger charge is 2.12. The molecule has 0 radical (unpaired) electrons. The van der Waals surface area contributed by atoms with Crippen LogP contribution in [0.1, 0.15) is 18.1 Å². The van der Waals surface area contributed by atoms with Gasteiger partial charge in [-0.05, 0) is 48.4 Å². The monoisotopic (exact) mass is 488 g/mol. The average Bonchev–Trinajstić information content (AvgIpc) is 2.80. The number of benzene rings is 2. The van der Waals surface area contributed by atoms with Crippen LogP contribution in [0.5, 0.6) is 5.88 Å². The number of rotatable bonds is 9. The molecule has 0 unspecified atom stereocenters. The van der Waals surface area contributed by atoms with Gasteiger partial charge in [-0.25, -0.2) is 4.79 Å². The number of carbonyl (C=O) groups excluding carboxylic acids is 1. The Kier molecular flexibility index (Phi) is 8.85. The fourth-order valence-electron chi connectivity index (χ4n) is 2.81. The number of esters is 1. The van der Waals surface area contributed by atoms with Crippen molar-refractivity contribution in [1.82, 2.24) is 4.98 Å². The number of aromatic nitrogens is 1. The first kappa shape index (κ1) is 24.0. The SMILES string of the molecule is CCOC(=O)/C=C/c1cc(SCc2ccccc2)ccc1Nc1cc(Cl)c(Cl)nc1OC. The molecule has 1 aromatic heterocycles. The molecule has 3 rings (SSSR count). The van der Waals surface area contributed by atoms with Gasteiger partial charge in [0.15, 0.2) is 5.15 Å². The minimum atomic E-state index is -0.408. The minimum Gasteiger partial charge on any atom is -0.479 e. The highest BCUT2D eigenvalue weighted by molar-refractivity contribution is 7.98. The Morgan fingerprint density at radius 1 is 1.12 bits per heavy atom. The van der Waals surface area contributed by atoms with Crippen molar-refractivity contribution >= 4 is 58.4 Å². The lowest BCUT2D eigenvalue weighted by Gasteiger charge is -2.14. The van der Waals surface area contributed by atoms with Gasteiger partial charge in [-0.1, -0.05) is 53.5 Å². The summed E-state index contributed by atoms with van der Waals surface area (Å²) in [6.07, 6.45) is 3.12. The molecule has 0 saturated carbocycles. The van der Waals surface area contributed by atoms with Crippen LogP contribution >= 0.6 is 35.0 Å². The van der Waals surface area contributed by atoms with Gasteiger partial charge in [-0.3, -0.25) is 0 Å². The van der Waals surface area contributed by atoms with E-state index in [2.05, 4.69) is 22.4 Å². The number of pyridine rings is 1. The maximum Gasteiger partial charge on any atom is 0.330 e. The summed E-state index contributed by atoms with van der Waals surface area (Å²) in [6.45, 7) is 2.08. The third-order valence-corrected chi connectivity index (χ3v) is 6.06.